The van der Waals surface area contributed by atoms with E-state index in [1.165, 1.54) is 6.07 Å². The third-order valence-electron chi connectivity index (χ3n) is 3.01. The number of benzene rings is 1. The normalized spacial score (nSPS) is 19.9. The van der Waals surface area contributed by atoms with Crippen molar-refractivity contribution in [3.05, 3.63) is 29.6 Å². The van der Waals surface area contributed by atoms with Gasteiger partial charge in [-0.25, -0.2) is 4.39 Å². The number of hydrogen-bond acceptors (Lipinski definition) is 4. The molecule has 0 saturated carbocycles. The predicted octanol–water partition coefficient (Wildman–Crippen LogP) is 0.307. The fraction of sp³-hybridized carbons (Fsp3) is 0.417. The van der Waals surface area contributed by atoms with Crippen molar-refractivity contribution in [3.63, 3.8) is 0 Å². The average Bonchev–Trinajstić information content (AvgIpc) is 2.38. The molecule has 1 fully saturated rings. The fourth-order valence-corrected chi connectivity index (χ4v) is 2.03. The van der Waals surface area contributed by atoms with Crippen LogP contribution in [-0.2, 0) is 4.74 Å². The van der Waals surface area contributed by atoms with Gasteiger partial charge in [-0.05, 0) is 18.2 Å². The molecule has 98 valence electrons. The lowest BCUT2D eigenvalue weighted by molar-refractivity contribution is 0.0723. The molecule has 6 heteroatoms. The molecular weight excluding hydrogens is 237 g/mol. The van der Waals surface area contributed by atoms with Crippen LogP contribution in [0.4, 0.5) is 10.1 Å². The van der Waals surface area contributed by atoms with Crippen molar-refractivity contribution in [2.24, 2.45) is 5.73 Å². The largest absolute Gasteiger partial charge is 0.394 e. The number of aliphatic hydroxyl groups excluding tert-OH is 1. The summed E-state index contributed by atoms with van der Waals surface area (Å²) in [6, 6.07) is 4.18. The molecule has 0 aliphatic carbocycles. The summed E-state index contributed by atoms with van der Waals surface area (Å²) < 4.78 is 19.2. The van der Waals surface area contributed by atoms with E-state index in [4.69, 9.17) is 15.9 Å². The maximum absolute atomic E-state index is 14.0. The molecule has 4 N–H and O–H groups in total. The number of nitrogens with one attached hydrogen (secondary N) is 1. The van der Waals surface area contributed by atoms with E-state index in [9.17, 15) is 9.50 Å². The number of anilines is 1. The van der Waals surface area contributed by atoms with Crippen molar-refractivity contribution < 1.29 is 14.2 Å². The summed E-state index contributed by atoms with van der Waals surface area (Å²) in [7, 11) is 0. The first-order valence-electron chi connectivity index (χ1n) is 5.72. The van der Waals surface area contributed by atoms with Crippen molar-refractivity contribution in [2.45, 2.75) is 6.04 Å². The molecular formula is C12H16FN3O2. The van der Waals surface area contributed by atoms with Crippen LogP contribution in [0.2, 0.25) is 0 Å². The van der Waals surface area contributed by atoms with Crippen molar-refractivity contribution >= 4 is 11.5 Å². The maximum atomic E-state index is 14.0. The molecule has 0 aromatic heterocycles. The average molecular weight is 253 g/mol. The summed E-state index contributed by atoms with van der Waals surface area (Å²) in [5.74, 6) is -0.607. The minimum Gasteiger partial charge on any atom is -0.394 e. The second kappa shape index (κ2) is 5.32. The van der Waals surface area contributed by atoms with Crippen LogP contribution < -0.4 is 10.6 Å². The molecule has 0 radical (unpaired) electrons. The number of aliphatic hydroxyl groups is 1. The molecule has 1 aliphatic heterocycles. The van der Waals surface area contributed by atoms with Crippen LogP contribution in [0, 0.1) is 11.2 Å². The maximum Gasteiger partial charge on any atom is 0.147 e. The van der Waals surface area contributed by atoms with Crippen LogP contribution in [0.15, 0.2) is 18.2 Å². The van der Waals surface area contributed by atoms with E-state index >= 15 is 0 Å². The number of nitrogens with two attached hydrogens (primary N) is 1. The van der Waals surface area contributed by atoms with Gasteiger partial charge in [0.2, 0.25) is 0 Å². The van der Waals surface area contributed by atoms with Gasteiger partial charge in [-0.2, -0.15) is 0 Å². The summed E-state index contributed by atoms with van der Waals surface area (Å²) >= 11 is 0. The molecule has 1 aromatic rings. The first kappa shape index (κ1) is 12.8. The topological polar surface area (TPSA) is 82.6 Å². The Bertz CT molecular complexity index is 453. The molecule has 5 nitrogen and oxygen atoms in total. The quantitative estimate of drug-likeness (QED) is 0.535. The van der Waals surface area contributed by atoms with Crippen molar-refractivity contribution in [2.75, 3.05) is 31.3 Å². The van der Waals surface area contributed by atoms with Gasteiger partial charge in [0.25, 0.3) is 0 Å². The molecule has 1 unspecified atom stereocenters. The zero-order valence-electron chi connectivity index (χ0n) is 9.90. The van der Waals surface area contributed by atoms with Gasteiger partial charge in [-0.15, -0.1) is 0 Å². The third-order valence-corrected chi connectivity index (χ3v) is 3.01. The SMILES string of the molecule is N=C(N)c1ccc(N2CCOCC2CO)c(F)c1. The van der Waals surface area contributed by atoms with Gasteiger partial charge in [0.15, 0.2) is 0 Å². The molecule has 1 aromatic carbocycles. The number of rotatable bonds is 3. The van der Waals surface area contributed by atoms with Crippen LogP contribution in [0.5, 0.6) is 0 Å². The lowest BCUT2D eigenvalue weighted by atomic mass is 10.1. The van der Waals surface area contributed by atoms with E-state index in [0.717, 1.165) is 0 Å². The van der Waals surface area contributed by atoms with E-state index in [1.54, 1.807) is 17.0 Å². The predicted molar refractivity (Wildman–Crippen MR) is 66.5 cm³/mol. The van der Waals surface area contributed by atoms with Crippen molar-refractivity contribution in [1.82, 2.24) is 0 Å². The van der Waals surface area contributed by atoms with Crippen LogP contribution in [-0.4, -0.2) is 43.3 Å². The standard InChI is InChI=1S/C12H16FN3O2/c13-10-5-8(12(14)15)1-2-11(10)16-3-4-18-7-9(16)6-17/h1-2,5,9,17H,3-4,6-7H2,(H3,14,15). The van der Waals surface area contributed by atoms with E-state index in [-0.39, 0.29) is 18.5 Å². The monoisotopic (exact) mass is 253 g/mol. The molecule has 0 amide bonds. The molecule has 1 aliphatic rings. The summed E-state index contributed by atoms with van der Waals surface area (Å²) in [5.41, 5.74) is 6.06. The Labute approximate surface area is 104 Å². The van der Waals surface area contributed by atoms with Gasteiger partial charge in [-0.1, -0.05) is 0 Å². The molecule has 0 spiro atoms. The van der Waals surface area contributed by atoms with Gasteiger partial charge in [0.05, 0.1) is 31.5 Å². The zero-order valence-corrected chi connectivity index (χ0v) is 9.90. The van der Waals surface area contributed by atoms with E-state index in [1.807, 2.05) is 0 Å². The zero-order chi connectivity index (χ0) is 13.1. The van der Waals surface area contributed by atoms with Crippen LogP contribution in [0.1, 0.15) is 5.56 Å². The molecule has 1 saturated heterocycles. The Kier molecular flexibility index (Phi) is 3.78. The van der Waals surface area contributed by atoms with Gasteiger partial charge in [0, 0.05) is 12.1 Å². The van der Waals surface area contributed by atoms with Crippen LogP contribution >= 0.6 is 0 Å². The molecule has 2 rings (SSSR count). The first-order chi connectivity index (χ1) is 8.63. The Morgan fingerprint density at radius 2 is 2.39 bits per heavy atom. The molecule has 18 heavy (non-hydrogen) atoms. The number of halogens is 1. The number of hydrogen-bond donors (Lipinski definition) is 3. The number of morpholine rings is 1. The summed E-state index contributed by atoms with van der Waals surface area (Å²) in [5, 5.41) is 16.5. The van der Waals surface area contributed by atoms with Gasteiger partial charge in [0.1, 0.15) is 11.7 Å². The van der Waals surface area contributed by atoms with E-state index < -0.39 is 5.82 Å². The summed E-state index contributed by atoms with van der Waals surface area (Å²) in [6.07, 6.45) is 0. The minimum absolute atomic E-state index is 0.0894. The lowest BCUT2D eigenvalue weighted by Crippen LogP contribution is -2.48. The molecule has 1 heterocycles. The Balaban J connectivity index is 2.29. The summed E-state index contributed by atoms with van der Waals surface area (Å²) in [6.45, 7) is 1.32. The van der Waals surface area contributed by atoms with Gasteiger partial charge in [-0.3, -0.25) is 5.41 Å². The fourth-order valence-electron chi connectivity index (χ4n) is 2.03. The second-order valence-electron chi connectivity index (χ2n) is 4.18. The smallest absolute Gasteiger partial charge is 0.147 e. The highest BCUT2D eigenvalue weighted by Gasteiger charge is 2.24. The van der Waals surface area contributed by atoms with E-state index in [2.05, 4.69) is 0 Å². The third kappa shape index (κ3) is 2.44. The van der Waals surface area contributed by atoms with E-state index in [0.29, 0.717) is 31.0 Å². The number of ether oxygens (including phenoxy) is 1. The molecule has 0 bridgehead atoms. The van der Waals surface area contributed by atoms with Crippen LogP contribution in [0.25, 0.3) is 0 Å². The molecule has 1 atom stereocenters. The highest BCUT2D eigenvalue weighted by Crippen LogP contribution is 2.24. The van der Waals surface area contributed by atoms with Crippen molar-refractivity contribution in [3.8, 4) is 0 Å². The second-order valence-corrected chi connectivity index (χ2v) is 4.18. The Hall–Kier alpha value is -1.66. The van der Waals surface area contributed by atoms with Gasteiger partial charge < -0.3 is 20.5 Å². The van der Waals surface area contributed by atoms with Gasteiger partial charge >= 0.3 is 0 Å². The van der Waals surface area contributed by atoms with Crippen molar-refractivity contribution in [1.29, 1.82) is 5.41 Å². The Morgan fingerprint density at radius 1 is 1.61 bits per heavy atom. The lowest BCUT2D eigenvalue weighted by Gasteiger charge is -2.36. The van der Waals surface area contributed by atoms with Crippen LogP contribution in [0.3, 0.4) is 0 Å². The first-order valence-corrected chi connectivity index (χ1v) is 5.72. The highest BCUT2D eigenvalue weighted by molar-refractivity contribution is 5.95. The number of nitrogen functional groups attached to an aromatic ring is 1. The number of amidine groups is 1. The number of nitrogens with zero attached hydrogens (tertiary/aromatic N) is 1. The summed E-state index contributed by atoms with van der Waals surface area (Å²) in [4.78, 5) is 1.78. The Morgan fingerprint density at radius 3 is 3.00 bits per heavy atom. The minimum atomic E-state index is -0.442. The highest BCUT2D eigenvalue weighted by atomic mass is 19.1.